The first-order valence-corrected chi connectivity index (χ1v) is 8.04. The number of carbonyl (C=O) groups excluding carboxylic acids is 1. The molecule has 0 fully saturated rings. The molecule has 11 heteroatoms. The van der Waals surface area contributed by atoms with E-state index < -0.39 is 26.3 Å². The van der Waals surface area contributed by atoms with Crippen molar-refractivity contribution in [2.45, 2.75) is 24.0 Å². The van der Waals surface area contributed by atoms with Gasteiger partial charge in [-0.15, -0.1) is 0 Å². The number of hydrogen-bond acceptors (Lipinski definition) is 5. The van der Waals surface area contributed by atoms with Crippen molar-refractivity contribution in [3.63, 3.8) is 0 Å². The molecule has 2 aromatic rings. The summed E-state index contributed by atoms with van der Waals surface area (Å²) in [6, 6.07) is 5.49. The van der Waals surface area contributed by atoms with Crippen LogP contribution in [0.5, 0.6) is 5.75 Å². The quantitative estimate of drug-likeness (QED) is 0.867. The first-order chi connectivity index (χ1) is 11.1. The summed E-state index contributed by atoms with van der Waals surface area (Å²) in [6.07, 6.45) is 0.684. The van der Waals surface area contributed by atoms with Gasteiger partial charge in [0.15, 0.2) is 5.03 Å². The van der Waals surface area contributed by atoms with E-state index in [-0.39, 0.29) is 23.8 Å². The second-order valence-corrected chi connectivity index (χ2v) is 6.50. The Morgan fingerprint density at radius 2 is 1.96 bits per heavy atom. The van der Waals surface area contributed by atoms with E-state index in [0.29, 0.717) is 6.20 Å². The van der Waals surface area contributed by atoms with Crippen LogP contribution in [0.15, 0.2) is 35.5 Å². The molecular formula is C13H12F3N3O4S. The maximum Gasteiger partial charge on any atom is 0.503 e. The normalized spacial score (nSPS) is 12.2. The summed E-state index contributed by atoms with van der Waals surface area (Å²) in [5.74, 6) is -1.56. The summed E-state index contributed by atoms with van der Waals surface area (Å²) < 4.78 is 61.6. The first-order valence-electron chi connectivity index (χ1n) is 6.55. The van der Waals surface area contributed by atoms with Crippen molar-refractivity contribution in [2.75, 3.05) is 5.32 Å². The first kappa shape index (κ1) is 17.8. The van der Waals surface area contributed by atoms with Crippen molar-refractivity contribution in [3.05, 3.63) is 36.0 Å². The van der Waals surface area contributed by atoms with Crippen LogP contribution < -0.4 is 5.32 Å². The second-order valence-electron chi connectivity index (χ2n) is 4.61. The minimum Gasteiger partial charge on any atom is -0.507 e. The number of nitrogens with zero attached hydrogens (tertiary/aromatic N) is 2. The fourth-order valence-corrected chi connectivity index (χ4v) is 2.53. The number of anilines is 1. The number of benzene rings is 1. The standard InChI is InChI=1S/C13H12F3N3O4S/c1-2-19-7-10(24(22,23)13(14,15)16)17-12(19)18-11(21)8-5-3-4-6-9(8)20/h3-7,20H,2H2,1H3,(H,17,18,21). The smallest absolute Gasteiger partial charge is 0.503 e. The Morgan fingerprint density at radius 3 is 2.50 bits per heavy atom. The SMILES string of the molecule is CCn1cc(S(=O)(=O)C(F)(F)F)nc1NC(=O)c1ccccc1O. The number of nitrogens with one attached hydrogen (secondary N) is 1. The van der Waals surface area contributed by atoms with E-state index in [9.17, 15) is 31.5 Å². The lowest BCUT2D eigenvalue weighted by atomic mass is 10.2. The van der Waals surface area contributed by atoms with Gasteiger partial charge in [-0.3, -0.25) is 10.1 Å². The van der Waals surface area contributed by atoms with Crippen LogP contribution in [-0.4, -0.2) is 34.5 Å². The van der Waals surface area contributed by atoms with Gasteiger partial charge in [-0.1, -0.05) is 12.1 Å². The molecule has 1 aromatic heterocycles. The Kier molecular flexibility index (Phi) is 4.56. The maximum atomic E-state index is 12.6. The molecule has 0 bridgehead atoms. The number of carbonyl (C=O) groups is 1. The number of aromatic hydroxyl groups is 1. The van der Waals surface area contributed by atoms with E-state index >= 15 is 0 Å². The van der Waals surface area contributed by atoms with Gasteiger partial charge in [0, 0.05) is 12.7 Å². The Bertz CT molecular complexity index is 875. The summed E-state index contributed by atoms with van der Waals surface area (Å²) in [7, 11) is -5.63. The number of alkyl halides is 3. The highest BCUT2D eigenvalue weighted by molar-refractivity contribution is 7.92. The monoisotopic (exact) mass is 363 g/mol. The number of aryl methyl sites for hydroxylation is 1. The van der Waals surface area contributed by atoms with Gasteiger partial charge in [0.1, 0.15) is 5.75 Å². The molecule has 0 aliphatic carbocycles. The maximum absolute atomic E-state index is 12.6. The molecule has 2 rings (SSSR count). The molecule has 1 amide bonds. The third kappa shape index (κ3) is 3.20. The fraction of sp³-hybridized carbons (Fsp3) is 0.231. The van der Waals surface area contributed by atoms with Gasteiger partial charge in [0.2, 0.25) is 5.95 Å². The minimum atomic E-state index is -5.63. The predicted molar refractivity (Wildman–Crippen MR) is 77.2 cm³/mol. The van der Waals surface area contributed by atoms with Crippen LogP contribution >= 0.6 is 0 Å². The van der Waals surface area contributed by atoms with Crippen molar-refractivity contribution in [2.24, 2.45) is 0 Å². The minimum absolute atomic E-state index is 0.0662. The molecule has 0 atom stereocenters. The van der Waals surface area contributed by atoms with Crippen LogP contribution in [0, 0.1) is 0 Å². The van der Waals surface area contributed by atoms with Crippen LogP contribution in [-0.2, 0) is 16.4 Å². The summed E-state index contributed by atoms with van der Waals surface area (Å²) >= 11 is 0. The van der Waals surface area contributed by atoms with E-state index in [4.69, 9.17) is 0 Å². The Balaban J connectivity index is 2.39. The lowest BCUT2D eigenvalue weighted by Crippen LogP contribution is -2.23. The number of sulfone groups is 1. The summed E-state index contributed by atoms with van der Waals surface area (Å²) in [6.45, 7) is 1.60. The Labute approximate surface area is 134 Å². The van der Waals surface area contributed by atoms with Gasteiger partial charge >= 0.3 is 5.51 Å². The summed E-state index contributed by atoms with van der Waals surface area (Å²) in [5.41, 5.74) is -5.64. The van der Waals surface area contributed by atoms with Gasteiger partial charge < -0.3 is 9.67 Å². The van der Waals surface area contributed by atoms with Gasteiger partial charge in [-0.25, -0.2) is 13.4 Å². The van der Waals surface area contributed by atoms with Crippen molar-refractivity contribution >= 4 is 21.7 Å². The molecule has 0 aliphatic rings. The molecule has 0 saturated heterocycles. The molecule has 0 saturated carbocycles. The molecule has 0 radical (unpaired) electrons. The van der Waals surface area contributed by atoms with Crippen LogP contribution in [0.1, 0.15) is 17.3 Å². The molecule has 2 N–H and O–H groups in total. The van der Waals surface area contributed by atoms with Crippen LogP contribution in [0.2, 0.25) is 0 Å². The predicted octanol–water partition coefficient (Wildman–Crippen LogP) is 2.15. The van der Waals surface area contributed by atoms with Crippen molar-refractivity contribution in [1.29, 1.82) is 0 Å². The lowest BCUT2D eigenvalue weighted by molar-refractivity contribution is -0.0437. The number of phenols is 1. The highest BCUT2D eigenvalue weighted by Crippen LogP contribution is 2.30. The average Bonchev–Trinajstić information content (AvgIpc) is 2.90. The fourth-order valence-electron chi connectivity index (χ4n) is 1.82. The molecule has 7 nitrogen and oxygen atoms in total. The molecule has 0 spiro atoms. The largest absolute Gasteiger partial charge is 0.507 e. The third-order valence-electron chi connectivity index (χ3n) is 3.05. The zero-order valence-electron chi connectivity index (χ0n) is 12.2. The number of phenolic OH excluding ortho intramolecular Hbond substituents is 1. The van der Waals surface area contributed by atoms with E-state index in [2.05, 4.69) is 10.3 Å². The molecule has 1 aromatic carbocycles. The molecule has 130 valence electrons. The molecule has 0 aliphatic heterocycles. The van der Waals surface area contributed by atoms with Crippen molar-refractivity contribution in [3.8, 4) is 5.75 Å². The van der Waals surface area contributed by atoms with Crippen molar-refractivity contribution in [1.82, 2.24) is 9.55 Å². The third-order valence-corrected chi connectivity index (χ3v) is 4.41. The Hall–Kier alpha value is -2.56. The average molecular weight is 363 g/mol. The highest BCUT2D eigenvalue weighted by Gasteiger charge is 2.48. The van der Waals surface area contributed by atoms with Crippen LogP contribution in [0.25, 0.3) is 0 Å². The molecule has 0 unspecified atom stereocenters. The zero-order chi connectivity index (χ0) is 18.1. The summed E-state index contributed by atoms with van der Waals surface area (Å²) in [4.78, 5) is 15.4. The Morgan fingerprint density at radius 1 is 1.33 bits per heavy atom. The van der Waals surface area contributed by atoms with Gasteiger partial charge in [0.05, 0.1) is 5.56 Å². The number of imidazole rings is 1. The van der Waals surface area contributed by atoms with Crippen molar-refractivity contribution < 1.29 is 31.5 Å². The summed E-state index contributed by atoms with van der Waals surface area (Å²) in [5, 5.41) is 10.6. The van der Waals surface area contributed by atoms with Gasteiger partial charge in [-0.2, -0.15) is 13.2 Å². The zero-order valence-corrected chi connectivity index (χ0v) is 13.0. The molecular weight excluding hydrogens is 351 g/mol. The number of hydrogen-bond donors (Lipinski definition) is 2. The lowest BCUT2D eigenvalue weighted by Gasteiger charge is -2.07. The van der Waals surface area contributed by atoms with Gasteiger partial charge in [0.25, 0.3) is 15.7 Å². The number of aromatic nitrogens is 2. The van der Waals surface area contributed by atoms with Crippen LogP contribution in [0.3, 0.4) is 0 Å². The molecule has 24 heavy (non-hydrogen) atoms. The van der Waals surface area contributed by atoms with Crippen LogP contribution in [0.4, 0.5) is 19.1 Å². The number of para-hydroxylation sites is 1. The van der Waals surface area contributed by atoms with E-state index in [1.165, 1.54) is 31.2 Å². The second kappa shape index (κ2) is 6.15. The van der Waals surface area contributed by atoms with Gasteiger partial charge in [-0.05, 0) is 19.1 Å². The highest BCUT2D eigenvalue weighted by atomic mass is 32.2. The van der Waals surface area contributed by atoms with E-state index in [0.717, 1.165) is 4.57 Å². The topological polar surface area (TPSA) is 101 Å². The number of halogens is 3. The number of amides is 1. The number of rotatable bonds is 4. The van der Waals surface area contributed by atoms with E-state index in [1.807, 2.05) is 0 Å². The van der Waals surface area contributed by atoms with E-state index in [1.54, 1.807) is 0 Å². The molecule has 1 heterocycles.